The van der Waals surface area contributed by atoms with Crippen molar-refractivity contribution in [3.05, 3.63) is 78.4 Å². The molecule has 0 aliphatic heterocycles. The van der Waals surface area contributed by atoms with Crippen LogP contribution in [-0.2, 0) is 0 Å². The van der Waals surface area contributed by atoms with Crippen LogP contribution in [-0.4, -0.2) is 19.2 Å². The van der Waals surface area contributed by atoms with Crippen LogP contribution in [0.3, 0.4) is 0 Å². The van der Waals surface area contributed by atoms with Crippen molar-refractivity contribution >= 4 is 16.8 Å². The van der Waals surface area contributed by atoms with E-state index in [1.807, 2.05) is 67.6 Å². The smallest absolute Gasteiger partial charge is 0.315 e. The summed E-state index contributed by atoms with van der Waals surface area (Å²) in [7, 11) is 0. The molecule has 4 heteroatoms. The van der Waals surface area contributed by atoms with E-state index in [2.05, 4.69) is 22.8 Å². The molecule has 0 fully saturated rings. The van der Waals surface area contributed by atoms with E-state index >= 15 is 0 Å². The largest absolute Gasteiger partial charge is 0.492 e. The number of benzene rings is 3. The van der Waals surface area contributed by atoms with Gasteiger partial charge in [-0.25, -0.2) is 4.79 Å². The highest BCUT2D eigenvalue weighted by Crippen LogP contribution is 2.20. The van der Waals surface area contributed by atoms with Crippen molar-refractivity contribution in [3.63, 3.8) is 0 Å². The topological polar surface area (TPSA) is 50.4 Å². The van der Waals surface area contributed by atoms with Gasteiger partial charge in [-0.05, 0) is 35.4 Å². The van der Waals surface area contributed by atoms with E-state index in [1.54, 1.807) is 0 Å². The van der Waals surface area contributed by atoms with Crippen LogP contribution in [0.5, 0.6) is 5.75 Å². The van der Waals surface area contributed by atoms with Crippen LogP contribution < -0.4 is 15.4 Å². The quantitative estimate of drug-likeness (QED) is 0.661. The van der Waals surface area contributed by atoms with Gasteiger partial charge in [0.25, 0.3) is 0 Å². The number of rotatable bonds is 6. The standard InChI is InChI=1S/C21H22N2O2/c1-16(17-7-3-2-4-8-17)23-21(24)22-13-14-25-20-12-11-18-9-5-6-10-19(18)15-20/h2-12,15-16H,13-14H2,1H3,(H2,22,23,24). The first kappa shape index (κ1) is 16.8. The molecular formula is C21H22N2O2. The van der Waals surface area contributed by atoms with Crippen LogP contribution in [0.25, 0.3) is 10.8 Å². The number of ether oxygens (including phenoxy) is 1. The molecule has 4 nitrogen and oxygen atoms in total. The van der Waals surface area contributed by atoms with Gasteiger partial charge in [0, 0.05) is 0 Å². The molecule has 2 amide bonds. The highest BCUT2D eigenvalue weighted by atomic mass is 16.5. The fraction of sp³-hybridized carbons (Fsp3) is 0.190. The maximum atomic E-state index is 11.9. The molecule has 1 unspecified atom stereocenters. The minimum absolute atomic E-state index is 0.0393. The number of urea groups is 1. The van der Waals surface area contributed by atoms with Crippen molar-refractivity contribution in [1.82, 2.24) is 10.6 Å². The Morgan fingerprint density at radius 3 is 2.48 bits per heavy atom. The maximum absolute atomic E-state index is 11.9. The Morgan fingerprint density at radius 2 is 1.68 bits per heavy atom. The number of hydrogen-bond acceptors (Lipinski definition) is 2. The Bertz CT molecular complexity index is 833. The van der Waals surface area contributed by atoms with Crippen LogP contribution in [0.2, 0.25) is 0 Å². The van der Waals surface area contributed by atoms with Crippen LogP contribution in [0.15, 0.2) is 72.8 Å². The second-order valence-corrected chi connectivity index (χ2v) is 5.89. The van der Waals surface area contributed by atoms with Crippen LogP contribution in [0.1, 0.15) is 18.5 Å². The van der Waals surface area contributed by atoms with Gasteiger partial charge < -0.3 is 15.4 Å². The summed E-state index contributed by atoms with van der Waals surface area (Å²) < 4.78 is 5.71. The van der Waals surface area contributed by atoms with E-state index in [-0.39, 0.29) is 12.1 Å². The molecule has 3 aromatic rings. The summed E-state index contributed by atoms with van der Waals surface area (Å²) in [5.41, 5.74) is 1.07. The zero-order chi connectivity index (χ0) is 17.5. The number of hydrogen-bond donors (Lipinski definition) is 2. The van der Waals surface area contributed by atoms with Crippen molar-refractivity contribution in [1.29, 1.82) is 0 Å². The van der Waals surface area contributed by atoms with E-state index < -0.39 is 0 Å². The molecule has 0 spiro atoms. The lowest BCUT2D eigenvalue weighted by Gasteiger charge is -2.15. The number of fused-ring (bicyclic) bond motifs is 1. The molecule has 0 saturated carbocycles. The summed E-state index contributed by atoms with van der Waals surface area (Å²) in [4.78, 5) is 11.9. The van der Waals surface area contributed by atoms with Crippen LogP contribution in [0, 0.1) is 0 Å². The second kappa shape index (κ2) is 8.20. The third-order valence-electron chi connectivity index (χ3n) is 4.02. The SMILES string of the molecule is CC(NC(=O)NCCOc1ccc2ccccc2c1)c1ccccc1. The van der Waals surface area contributed by atoms with Gasteiger partial charge in [0.15, 0.2) is 0 Å². The Kier molecular flexibility index (Phi) is 5.52. The number of nitrogens with one attached hydrogen (secondary N) is 2. The zero-order valence-electron chi connectivity index (χ0n) is 14.2. The first-order chi connectivity index (χ1) is 12.2. The third-order valence-corrected chi connectivity index (χ3v) is 4.02. The minimum atomic E-state index is -0.196. The van der Waals surface area contributed by atoms with Gasteiger partial charge in [0.2, 0.25) is 0 Å². The van der Waals surface area contributed by atoms with Crippen LogP contribution in [0.4, 0.5) is 4.79 Å². The maximum Gasteiger partial charge on any atom is 0.315 e. The fourth-order valence-corrected chi connectivity index (χ4v) is 2.66. The monoisotopic (exact) mass is 334 g/mol. The fourth-order valence-electron chi connectivity index (χ4n) is 2.66. The van der Waals surface area contributed by atoms with Crippen molar-refractivity contribution < 1.29 is 9.53 Å². The summed E-state index contributed by atoms with van der Waals surface area (Å²) in [6.45, 7) is 2.83. The molecule has 1 atom stereocenters. The Morgan fingerprint density at radius 1 is 0.960 bits per heavy atom. The lowest BCUT2D eigenvalue weighted by Crippen LogP contribution is -2.38. The van der Waals surface area contributed by atoms with Gasteiger partial charge in [-0.1, -0.05) is 60.7 Å². The van der Waals surface area contributed by atoms with Gasteiger partial charge in [0.05, 0.1) is 12.6 Å². The van der Waals surface area contributed by atoms with E-state index in [9.17, 15) is 4.79 Å². The van der Waals surface area contributed by atoms with Gasteiger partial charge in [-0.15, -0.1) is 0 Å². The lowest BCUT2D eigenvalue weighted by atomic mass is 10.1. The molecule has 0 saturated heterocycles. The molecule has 3 aromatic carbocycles. The number of carbonyl (C=O) groups is 1. The van der Waals surface area contributed by atoms with Gasteiger partial charge >= 0.3 is 6.03 Å². The van der Waals surface area contributed by atoms with E-state index in [0.717, 1.165) is 16.7 Å². The van der Waals surface area contributed by atoms with Crippen molar-refractivity contribution in [2.45, 2.75) is 13.0 Å². The van der Waals surface area contributed by atoms with E-state index in [0.29, 0.717) is 13.2 Å². The first-order valence-electron chi connectivity index (χ1n) is 8.43. The van der Waals surface area contributed by atoms with Crippen molar-refractivity contribution in [3.8, 4) is 5.75 Å². The average Bonchev–Trinajstić information content (AvgIpc) is 2.66. The number of carbonyl (C=O) groups excluding carboxylic acids is 1. The molecule has 25 heavy (non-hydrogen) atoms. The summed E-state index contributed by atoms with van der Waals surface area (Å²) in [5, 5.41) is 8.05. The van der Waals surface area contributed by atoms with E-state index in [4.69, 9.17) is 4.74 Å². The predicted molar refractivity (Wildman–Crippen MR) is 101 cm³/mol. The summed E-state index contributed by atoms with van der Waals surface area (Å²) in [6, 6.07) is 23.8. The zero-order valence-corrected chi connectivity index (χ0v) is 14.2. The molecule has 0 aliphatic rings. The first-order valence-corrected chi connectivity index (χ1v) is 8.43. The molecule has 0 bridgehead atoms. The molecular weight excluding hydrogens is 312 g/mol. The average molecular weight is 334 g/mol. The highest BCUT2D eigenvalue weighted by molar-refractivity contribution is 5.83. The molecule has 0 heterocycles. The van der Waals surface area contributed by atoms with Crippen molar-refractivity contribution in [2.75, 3.05) is 13.2 Å². The van der Waals surface area contributed by atoms with Gasteiger partial charge in [-0.2, -0.15) is 0 Å². The third kappa shape index (κ3) is 4.73. The van der Waals surface area contributed by atoms with Gasteiger partial charge in [0.1, 0.15) is 12.4 Å². The number of amides is 2. The van der Waals surface area contributed by atoms with Crippen molar-refractivity contribution in [2.24, 2.45) is 0 Å². The summed E-state index contributed by atoms with van der Waals surface area (Å²) in [5.74, 6) is 0.804. The highest BCUT2D eigenvalue weighted by Gasteiger charge is 2.08. The molecule has 0 aliphatic carbocycles. The second-order valence-electron chi connectivity index (χ2n) is 5.89. The Labute approximate surface area is 147 Å². The minimum Gasteiger partial charge on any atom is -0.492 e. The molecule has 128 valence electrons. The summed E-state index contributed by atoms with van der Waals surface area (Å²) >= 11 is 0. The normalized spacial score (nSPS) is 11.7. The van der Waals surface area contributed by atoms with E-state index in [1.165, 1.54) is 5.39 Å². The lowest BCUT2D eigenvalue weighted by molar-refractivity contribution is 0.233. The predicted octanol–water partition coefficient (Wildman–Crippen LogP) is 4.28. The van der Waals surface area contributed by atoms with Crippen LogP contribution >= 0.6 is 0 Å². The Balaban J connectivity index is 1.42. The molecule has 3 rings (SSSR count). The molecule has 0 radical (unpaired) electrons. The Hall–Kier alpha value is -3.01. The molecule has 2 N–H and O–H groups in total. The summed E-state index contributed by atoms with van der Waals surface area (Å²) in [6.07, 6.45) is 0. The molecule has 0 aromatic heterocycles. The van der Waals surface area contributed by atoms with Gasteiger partial charge in [-0.3, -0.25) is 0 Å².